The number of carbonyl (C=O) groups is 1. The fourth-order valence-electron chi connectivity index (χ4n) is 1.81. The van der Waals surface area contributed by atoms with Crippen LogP contribution >= 0.6 is 11.3 Å². The Morgan fingerprint density at radius 1 is 1.38 bits per heavy atom. The molecule has 0 spiro atoms. The van der Waals surface area contributed by atoms with Crippen LogP contribution in [0.3, 0.4) is 0 Å². The summed E-state index contributed by atoms with van der Waals surface area (Å²) < 4.78 is 13.6. The van der Waals surface area contributed by atoms with Gasteiger partial charge < -0.3 is 10.6 Å². The molecule has 2 N–H and O–H groups in total. The summed E-state index contributed by atoms with van der Waals surface area (Å²) in [6.07, 6.45) is 0.367. The van der Waals surface area contributed by atoms with Gasteiger partial charge in [0.2, 0.25) is 11.0 Å². The first kappa shape index (κ1) is 15.5. The van der Waals surface area contributed by atoms with Crippen LogP contribution in [0.1, 0.15) is 17.5 Å². The van der Waals surface area contributed by atoms with E-state index in [0.29, 0.717) is 28.7 Å². The van der Waals surface area contributed by atoms with Crippen LogP contribution in [0.2, 0.25) is 0 Å². The van der Waals surface area contributed by atoms with E-state index in [1.54, 1.807) is 25.2 Å². The predicted octanol–water partition coefficient (Wildman–Crippen LogP) is 2.06. The van der Waals surface area contributed by atoms with Gasteiger partial charge in [0, 0.05) is 18.9 Å². The number of halogens is 1. The predicted molar refractivity (Wildman–Crippen MR) is 80.8 cm³/mol. The molecular formula is C14H17FN4OS. The number of amides is 1. The molecule has 1 amide bonds. The van der Waals surface area contributed by atoms with E-state index in [-0.39, 0.29) is 17.6 Å². The molecule has 0 aliphatic heterocycles. The lowest BCUT2D eigenvalue weighted by atomic mass is 10.1. The van der Waals surface area contributed by atoms with Gasteiger partial charge in [0.25, 0.3) is 0 Å². The minimum absolute atomic E-state index is 0.113. The molecule has 0 saturated heterocycles. The number of nitrogens with zero attached hydrogens (tertiary/aromatic N) is 2. The summed E-state index contributed by atoms with van der Waals surface area (Å²) in [6, 6.07) is 6.55. The van der Waals surface area contributed by atoms with E-state index in [0.717, 1.165) is 0 Å². The molecule has 0 fully saturated rings. The van der Waals surface area contributed by atoms with Crippen molar-refractivity contribution in [1.82, 2.24) is 15.5 Å². The molecule has 2 aromatic rings. The van der Waals surface area contributed by atoms with Crippen molar-refractivity contribution in [3.05, 3.63) is 40.7 Å². The van der Waals surface area contributed by atoms with Gasteiger partial charge in [0.15, 0.2) is 0 Å². The summed E-state index contributed by atoms with van der Waals surface area (Å²) in [4.78, 5) is 11.9. The van der Waals surface area contributed by atoms with Crippen molar-refractivity contribution in [2.75, 3.05) is 18.9 Å². The summed E-state index contributed by atoms with van der Waals surface area (Å²) in [5.41, 5.74) is 0.565. The Bertz CT molecular complexity index is 617. The molecule has 0 bridgehead atoms. The lowest BCUT2D eigenvalue weighted by Crippen LogP contribution is -2.28. The minimum Gasteiger partial charge on any atom is -0.319 e. The molecule has 1 unspecified atom stereocenters. The Morgan fingerprint density at radius 2 is 2.14 bits per heavy atom. The second-order valence-corrected chi connectivity index (χ2v) is 5.78. The number of hydrogen-bond donors (Lipinski definition) is 2. The largest absolute Gasteiger partial charge is 0.319 e. The number of hydrogen-bond acceptors (Lipinski definition) is 5. The third-order valence-electron chi connectivity index (χ3n) is 2.95. The molecule has 112 valence electrons. The van der Waals surface area contributed by atoms with Gasteiger partial charge in [-0.15, -0.1) is 10.2 Å². The van der Waals surface area contributed by atoms with Gasteiger partial charge in [-0.1, -0.05) is 36.5 Å². The highest BCUT2D eigenvalue weighted by Gasteiger charge is 2.15. The molecule has 1 heterocycles. The lowest BCUT2D eigenvalue weighted by Gasteiger charge is -2.08. The van der Waals surface area contributed by atoms with Crippen LogP contribution in [0, 0.1) is 11.7 Å². The van der Waals surface area contributed by atoms with Gasteiger partial charge >= 0.3 is 0 Å². The number of anilines is 1. The summed E-state index contributed by atoms with van der Waals surface area (Å²) in [6.45, 7) is 2.42. The van der Waals surface area contributed by atoms with Gasteiger partial charge in [-0.2, -0.15) is 0 Å². The molecule has 2 rings (SSSR count). The molecular weight excluding hydrogens is 291 g/mol. The Hall–Kier alpha value is -1.86. The lowest BCUT2D eigenvalue weighted by molar-refractivity contribution is -0.119. The fourth-order valence-corrected chi connectivity index (χ4v) is 2.57. The number of carbonyl (C=O) groups excluding carboxylic acids is 1. The van der Waals surface area contributed by atoms with Crippen molar-refractivity contribution in [2.24, 2.45) is 5.92 Å². The summed E-state index contributed by atoms with van der Waals surface area (Å²) >= 11 is 1.26. The molecule has 0 radical (unpaired) electrons. The van der Waals surface area contributed by atoms with Gasteiger partial charge in [-0.25, -0.2) is 4.39 Å². The Balaban J connectivity index is 1.99. The van der Waals surface area contributed by atoms with Crippen molar-refractivity contribution in [3.63, 3.8) is 0 Å². The number of rotatable bonds is 6. The van der Waals surface area contributed by atoms with Gasteiger partial charge in [0.1, 0.15) is 10.8 Å². The average Bonchev–Trinajstić information content (AvgIpc) is 2.89. The highest BCUT2D eigenvalue weighted by Crippen LogP contribution is 2.20. The molecule has 21 heavy (non-hydrogen) atoms. The Kier molecular flexibility index (Phi) is 5.35. The van der Waals surface area contributed by atoms with Gasteiger partial charge in [-0.05, 0) is 18.7 Å². The maximum atomic E-state index is 13.6. The van der Waals surface area contributed by atoms with Crippen LogP contribution in [0.25, 0.3) is 0 Å². The van der Waals surface area contributed by atoms with Crippen LogP contribution in [0.4, 0.5) is 9.52 Å². The van der Waals surface area contributed by atoms with Crippen molar-refractivity contribution in [1.29, 1.82) is 0 Å². The van der Waals surface area contributed by atoms with E-state index < -0.39 is 0 Å². The Labute approximate surface area is 126 Å². The summed E-state index contributed by atoms with van der Waals surface area (Å²) in [5.74, 6) is -0.534. The maximum absolute atomic E-state index is 13.6. The first-order valence-electron chi connectivity index (χ1n) is 6.61. The second-order valence-electron chi connectivity index (χ2n) is 4.72. The van der Waals surface area contributed by atoms with E-state index in [1.807, 2.05) is 6.92 Å². The van der Waals surface area contributed by atoms with Crippen LogP contribution in [0.15, 0.2) is 24.3 Å². The van der Waals surface area contributed by atoms with Crippen molar-refractivity contribution < 1.29 is 9.18 Å². The Morgan fingerprint density at radius 3 is 2.86 bits per heavy atom. The average molecular weight is 308 g/mol. The number of nitrogens with one attached hydrogen (secondary N) is 2. The molecule has 0 saturated carbocycles. The smallest absolute Gasteiger partial charge is 0.230 e. The molecule has 1 aromatic carbocycles. The third kappa shape index (κ3) is 4.30. The van der Waals surface area contributed by atoms with E-state index in [9.17, 15) is 9.18 Å². The number of aromatic nitrogens is 2. The highest BCUT2D eigenvalue weighted by molar-refractivity contribution is 7.15. The zero-order valence-corrected chi connectivity index (χ0v) is 12.7. The topological polar surface area (TPSA) is 66.9 Å². The molecule has 0 aliphatic rings. The monoisotopic (exact) mass is 308 g/mol. The van der Waals surface area contributed by atoms with E-state index in [4.69, 9.17) is 0 Å². The zero-order valence-electron chi connectivity index (χ0n) is 11.9. The molecule has 1 aromatic heterocycles. The standard InChI is InChI=1S/C14H17FN4OS/c1-9(8-16-2)13(20)17-14-19-18-12(21-14)7-10-5-3-4-6-11(10)15/h3-6,9,16H,7-8H2,1-2H3,(H,17,19,20). The summed E-state index contributed by atoms with van der Waals surface area (Å²) in [5, 5.41) is 14.7. The second kappa shape index (κ2) is 7.24. The van der Waals surface area contributed by atoms with Crippen molar-refractivity contribution in [2.45, 2.75) is 13.3 Å². The number of benzene rings is 1. The first-order chi connectivity index (χ1) is 10.1. The van der Waals surface area contributed by atoms with Gasteiger partial charge in [-0.3, -0.25) is 4.79 Å². The van der Waals surface area contributed by atoms with Gasteiger partial charge in [0.05, 0.1) is 0 Å². The van der Waals surface area contributed by atoms with Crippen LogP contribution in [-0.2, 0) is 11.2 Å². The zero-order chi connectivity index (χ0) is 15.2. The van der Waals surface area contributed by atoms with Crippen LogP contribution in [0.5, 0.6) is 0 Å². The quantitative estimate of drug-likeness (QED) is 0.857. The normalized spacial score (nSPS) is 12.1. The van der Waals surface area contributed by atoms with Crippen LogP contribution in [-0.4, -0.2) is 29.7 Å². The van der Waals surface area contributed by atoms with Crippen LogP contribution < -0.4 is 10.6 Å². The third-order valence-corrected chi connectivity index (χ3v) is 3.79. The molecule has 7 heteroatoms. The fraction of sp³-hybridized carbons (Fsp3) is 0.357. The summed E-state index contributed by atoms with van der Waals surface area (Å²) in [7, 11) is 1.79. The van der Waals surface area contributed by atoms with E-state index in [2.05, 4.69) is 20.8 Å². The molecule has 1 atom stereocenters. The van der Waals surface area contributed by atoms with E-state index in [1.165, 1.54) is 17.4 Å². The molecule has 5 nitrogen and oxygen atoms in total. The maximum Gasteiger partial charge on any atom is 0.230 e. The molecule has 0 aliphatic carbocycles. The van der Waals surface area contributed by atoms with Crippen molar-refractivity contribution in [3.8, 4) is 0 Å². The van der Waals surface area contributed by atoms with Crippen molar-refractivity contribution >= 4 is 22.4 Å². The SMILES string of the molecule is CNCC(C)C(=O)Nc1nnc(Cc2ccccc2F)s1. The first-order valence-corrected chi connectivity index (χ1v) is 7.43. The van der Waals surface area contributed by atoms with E-state index >= 15 is 0 Å². The highest BCUT2D eigenvalue weighted by atomic mass is 32.1. The minimum atomic E-state index is -0.263.